The summed E-state index contributed by atoms with van der Waals surface area (Å²) in [7, 11) is -0.425. The van der Waals surface area contributed by atoms with Crippen molar-refractivity contribution in [1.29, 1.82) is 0 Å². The molecule has 0 amide bonds. The first-order chi connectivity index (χ1) is 9.30. The van der Waals surface area contributed by atoms with Gasteiger partial charge in [-0.3, -0.25) is 4.79 Å². The van der Waals surface area contributed by atoms with Crippen LogP contribution in [0.15, 0.2) is 18.2 Å². The zero-order valence-electron chi connectivity index (χ0n) is 12.4. The molecular formula is C15H19BO4. The second kappa shape index (κ2) is 4.33. The summed E-state index contributed by atoms with van der Waals surface area (Å²) in [6.45, 7) is 8.52. The molecule has 0 saturated carbocycles. The van der Waals surface area contributed by atoms with E-state index in [0.717, 1.165) is 5.46 Å². The summed E-state index contributed by atoms with van der Waals surface area (Å²) in [6, 6.07) is 5.54. The number of ether oxygens (including phenoxy) is 1. The van der Waals surface area contributed by atoms with E-state index in [1.165, 1.54) is 0 Å². The lowest BCUT2D eigenvalue weighted by molar-refractivity contribution is 0.00578. The molecule has 0 spiro atoms. The zero-order chi connectivity index (χ0) is 14.5. The molecule has 0 radical (unpaired) electrons. The number of Topliss-reactive ketones (excluding diaryl/α,β-unsaturated/α-hetero) is 1. The highest BCUT2D eigenvalue weighted by atomic mass is 16.7. The lowest BCUT2D eigenvalue weighted by atomic mass is 9.78. The highest BCUT2D eigenvalue weighted by Gasteiger charge is 2.51. The maximum atomic E-state index is 11.8. The molecule has 0 aromatic heterocycles. The molecular weight excluding hydrogens is 255 g/mol. The van der Waals surface area contributed by atoms with E-state index in [4.69, 9.17) is 14.0 Å². The quantitative estimate of drug-likeness (QED) is 0.734. The van der Waals surface area contributed by atoms with E-state index in [1.807, 2.05) is 39.8 Å². The van der Waals surface area contributed by atoms with Crippen molar-refractivity contribution in [2.45, 2.75) is 45.3 Å². The normalized spacial score (nSPS) is 23.4. The number of benzene rings is 1. The van der Waals surface area contributed by atoms with Gasteiger partial charge in [0.15, 0.2) is 5.78 Å². The molecule has 4 nitrogen and oxygen atoms in total. The molecule has 1 aromatic carbocycles. The third-order valence-electron chi connectivity index (χ3n) is 4.42. The van der Waals surface area contributed by atoms with Crippen molar-refractivity contribution in [2.75, 3.05) is 6.61 Å². The topological polar surface area (TPSA) is 44.8 Å². The van der Waals surface area contributed by atoms with Gasteiger partial charge in [-0.05, 0) is 45.3 Å². The molecule has 0 N–H and O–H groups in total. The Bertz CT molecular complexity index is 549. The Labute approximate surface area is 119 Å². The van der Waals surface area contributed by atoms with Crippen LogP contribution in [0.1, 0.15) is 44.5 Å². The van der Waals surface area contributed by atoms with Crippen LogP contribution >= 0.6 is 0 Å². The highest BCUT2D eigenvalue weighted by molar-refractivity contribution is 6.62. The van der Waals surface area contributed by atoms with Gasteiger partial charge in [0.25, 0.3) is 0 Å². The molecule has 0 bridgehead atoms. The Hall–Kier alpha value is -1.33. The Balaban J connectivity index is 1.92. The largest absolute Gasteiger partial charge is 0.494 e. The second-order valence-electron chi connectivity index (χ2n) is 6.37. The van der Waals surface area contributed by atoms with Crippen molar-refractivity contribution < 1.29 is 18.8 Å². The molecule has 2 aliphatic heterocycles. The SMILES string of the molecule is CC1(C)OB(c2ccc3c(c2)OCCC3=O)OC1(C)C. The van der Waals surface area contributed by atoms with Crippen LogP contribution in [0.25, 0.3) is 0 Å². The molecule has 0 unspecified atom stereocenters. The van der Waals surface area contributed by atoms with Crippen LogP contribution in [-0.2, 0) is 9.31 Å². The summed E-state index contributed by atoms with van der Waals surface area (Å²) in [5.74, 6) is 0.764. The van der Waals surface area contributed by atoms with Crippen LogP contribution in [0.5, 0.6) is 5.75 Å². The molecule has 2 aliphatic rings. The van der Waals surface area contributed by atoms with Gasteiger partial charge in [-0.1, -0.05) is 6.07 Å². The van der Waals surface area contributed by atoms with Crippen molar-refractivity contribution >= 4 is 18.4 Å². The fourth-order valence-corrected chi connectivity index (χ4v) is 2.40. The summed E-state index contributed by atoms with van der Waals surface area (Å²) in [5.41, 5.74) is 0.794. The van der Waals surface area contributed by atoms with Crippen LogP contribution < -0.4 is 10.2 Å². The molecule has 1 aromatic rings. The fraction of sp³-hybridized carbons (Fsp3) is 0.533. The minimum atomic E-state index is -0.425. The maximum Gasteiger partial charge on any atom is 0.494 e. The number of rotatable bonds is 1. The van der Waals surface area contributed by atoms with Gasteiger partial charge in [0.1, 0.15) is 5.75 Å². The Kier molecular flexibility index (Phi) is 2.96. The first-order valence-electron chi connectivity index (χ1n) is 6.96. The number of carbonyl (C=O) groups excluding carboxylic acids is 1. The summed E-state index contributed by atoms with van der Waals surface area (Å²) in [5, 5.41) is 0. The zero-order valence-corrected chi connectivity index (χ0v) is 12.4. The number of hydrogen-bond acceptors (Lipinski definition) is 4. The van der Waals surface area contributed by atoms with Crippen molar-refractivity contribution in [1.82, 2.24) is 0 Å². The fourth-order valence-electron chi connectivity index (χ4n) is 2.40. The van der Waals surface area contributed by atoms with Gasteiger partial charge in [-0.2, -0.15) is 0 Å². The summed E-state index contributed by atoms with van der Waals surface area (Å²) in [4.78, 5) is 11.8. The van der Waals surface area contributed by atoms with Gasteiger partial charge in [0.05, 0.1) is 23.4 Å². The molecule has 106 valence electrons. The number of carbonyl (C=O) groups is 1. The summed E-state index contributed by atoms with van der Waals surface area (Å²) in [6.07, 6.45) is 0.447. The standard InChI is InChI=1S/C15H19BO4/c1-14(2)15(3,4)20-16(19-14)10-5-6-11-12(17)7-8-18-13(11)9-10/h5-6,9H,7-8H2,1-4H3. The van der Waals surface area contributed by atoms with Gasteiger partial charge in [0, 0.05) is 6.42 Å². The van der Waals surface area contributed by atoms with Crippen LogP contribution in [0.2, 0.25) is 0 Å². The Morgan fingerprint density at radius 3 is 2.40 bits per heavy atom. The van der Waals surface area contributed by atoms with Crippen LogP contribution in [-0.4, -0.2) is 30.7 Å². The van der Waals surface area contributed by atoms with Crippen molar-refractivity contribution in [3.63, 3.8) is 0 Å². The van der Waals surface area contributed by atoms with Crippen LogP contribution in [0.3, 0.4) is 0 Å². The van der Waals surface area contributed by atoms with E-state index in [9.17, 15) is 4.79 Å². The highest BCUT2D eigenvalue weighted by Crippen LogP contribution is 2.37. The number of ketones is 1. The molecule has 1 fully saturated rings. The Morgan fingerprint density at radius 1 is 1.10 bits per heavy atom. The van der Waals surface area contributed by atoms with Crippen molar-refractivity contribution in [2.24, 2.45) is 0 Å². The lowest BCUT2D eigenvalue weighted by Crippen LogP contribution is -2.41. The number of hydrogen-bond donors (Lipinski definition) is 0. The van der Waals surface area contributed by atoms with E-state index in [1.54, 1.807) is 6.07 Å². The summed E-state index contributed by atoms with van der Waals surface area (Å²) >= 11 is 0. The van der Waals surface area contributed by atoms with Crippen LogP contribution in [0.4, 0.5) is 0 Å². The maximum absolute atomic E-state index is 11.8. The first kappa shape index (κ1) is 13.6. The molecule has 5 heteroatoms. The van der Waals surface area contributed by atoms with E-state index in [2.05, 4.69) is 0 Å². The molecule has 0 aliphatic carbocycles. The van der Waals surface area contributed by atoms with Gasteiger partial charge < -0.3 is 14.0 Å². The monoisotopic (exact) mass is 274 g/mol. The molecule has 20 heavy (non-hydrogen) atoms. The second-order valence-corrected chi connectivity index (χ2v) is 6.37. The van der Waals surface area contributed by atoms with E-state index in [0.29, 0.717) is 24.3 Å². The smallest absolute Gasteiger partial charge is 0.492 e. The minimum Gasteiger partial charge on any atom is -0.492 e. The van der Waals surface area contributed by atoms with E-state index >= 15 is 0 Å². The lowest BCUT2D eigenvalue weighted by Gasteiger charge is -2.32. The average Bonchev–Trinajstić information content (AvgIpc) is 2.58. The van der Waals surface area contributed by atoms with Crippen LogP contribution in [0, 0.1) is 0 Å². The molecule has 1 saturated heterocycles. The van der Waals surface area contributed by atoms with Gasteiger partial charge in [-0.15, -0.1) is 0 Å². The third kappa shape index (κ3) is 2.05. The first-order valence-corrected chi connectivity index (χ1v) is 6.96. The van der Waals surface area contributed by atoms with E-state index < -0.39 is 7.12 Å². The minimum absolute atomic E-state index is 0.131. The molecule has 3 rings (SSSR count). The van der Waals surface area contributed by atoms with Crippen molar-refractivity contribution in [3.05, 3.63) is 23.8 Å². The average molecular weight is 274 g/mol. The predicted molar refractivity (Wildman–Crippen MR) is 76.6 cm³/mol. The van der Waals surface area contributed by atoms with Gasteiger partial charge in [-0.25, -0.2) is 0 Å². The Morgan fingerprint density at radius 2 is 1.75 bits per heavy atom. The molecule has 2 heterocycles. The van der Waals surface area contributed by atoms with Gasteiger partial charge >= 0.3 is 7.12 Å². The number of fused-ring (bicyclic) bond motifs is 1. The van der Waals surface area contributed by atoms with E-state index in [-0.39, 0.29) is 17.0 Å². The third-order valence-corrected chi connectivity index (χ3v) is 4.42. The molecule has 0 atom stereocenters. The van der Waals surface area contributed by atoms with Gasteiger partial charge in [0.2, 0.25) is 0 Å². The van der Waals surface area contributed by atoms with Crippen molar-refractivity contribution in [3.8, 4) is 5.75 Å². The summed E-state index contributed by atoms with van der Waals surface area (Å²) < 4.78 is 17.6. The predicted octanol–water partition coefficient (Wildman–Crippen LogP) is 1.95.